The van der Waals surface area contributed by atoms with Crippen LogP contribution in [-0.2, 0) is 0 Å². The minimum Gasteiger partial charge on any atom is -0.370 e. The van der Waals surface area contributed by atoms with E-state index in [1.165, 1.54) is 12.1 Å². The summed E-state index contributed by atoms with van der Waals surface area (Å²) in [5.74, 6) is 1.05. The maximum atomic E-state index is 13.3. The molecule has 2 rings (SSSR count). The third-order valence-corrected chi connectivity index (χ3v) is 2.65. The molecule has 0 atom stereocenters. The van der Waals surface area contributed by atoms with E-state index >= 15 is 0 Å². The second-order valence-corrected chi connectivity index (χ2v) is 4.15. The smallest absolute Gasteiger partial charge is 0.161 e. The molecule has 0 fully saturated rings. The maximum absolute atomic E-state index is 13.3. The Balaban J connectivity index is 2.35. The first-order chi connectivity index (χ1) is 8.70. The summed E-state index contributed by atoms with van der Waals surface area (Å²) in [6.45, 7) is 4.87. The van der Waals surface area contributed by atoms with Crippen molar-refractivity contribution in [1.82, 2.24) is 9.97 Å². The molecule has 1 aromatic carbocycles. The van der Waals surface area contributed by atoms with E-state index in [0.29, 0.717) is 5.82 Å². The monoisotopic (exact) mass is 245 g/mol. The van der Waals surface area contributed by atoms with Crippen molar-refractivity contribution in [3.63, 3.8) is 0 Å². The minimum absolute atomic E-state index is 0.272. The number of benzene rings is 1. The van der Waals surface area contributed by atoms with Crippen LogP contribution in [0, 0.1) is 12.7 Å². The summed E-state index contributed by atoms with van der Waals surface area (Å²) >= 11 is 0. The van der Waals surface area contributed by atoms with Crippen LogP contribution < -0.4 is 5.32 Å². The third-order valence-electron chi connectivity index (χ3n) is 2.65. The van der Waals surface area contributed by atoms with Crippen LogP contribution in [0.5, 0.6) is 0 Å². The van der Waals surface area contributed by atoms with Crippen molar-refractivity contribution in [2.75, 3.05) is 11.9 Å². The fraction of sp³-hybridized carbons (Fsp3) is 0.286. The van der Waals surface area contributed by atoms with Crippen molar-refractivity contribution in [2.24, 2.45) is 0 Å². The van der Waals surface area contributed by atoms with Crippen molar-refractivity contribution in [3.8, 4) is 11.4 Å². The Morgan fingerprint density at radius 3 is 2.89 bits per heavy atom. The van der Waals surface area contributed by atoms with Crippen LogP contribution in [0.1, 0.15) is 18.9 Å². The molecule has 1 N–H and O–H groups in total. The fourth-order valence-corrected chi connectivity index (χ4v) is 1.68. The zero-order valence-electron chi connectivity index (χ0n) is 10.6. The molecule has 4 heteroatoms. The third kappa shape index (κ3) is 2.83. The molecule has 0 aliphatic heterocycles. The van der Waals surface area contributed by atoms with Gasteiger partial charge in [0.1, 0.15) is 11.6 Å². The van der Waals surface area contributed by atoms with E-state index in [9.17, 15) is 4.39 Å². The van der Waals surface area contributed by atoms with Gasteiger partial charge in [0.25, 0.3) is 0 Å². The van der Waals surface area contributed by atoms with E-state index < -0.39 is 0 Å². The van der Waals surface area contributed by atoms with Gasteiger partial charge in [0, 0.05) is 18.3 Å². The predicted molar refractivity (Wildman–Crippen MR) is 70.9 cm³/mol. The van der Waals surface area contributed by atoms with E-state index in [1.807, 2.05) is 13.0 Å². The highest BCUT2D eigenvalue weighted by molar-refractivity contribution is 5.61. The second-order valence-electron chi connectivity index (χ2n) is 4.15. The van der Waals surface area contributed by atoms with Crippen LogP contribution in [-0.4, -0.2) is 16.5 Å². The van der Waals surface area contributed by atoms with Gasteiger partial charge >= 0.3 is 0 Å². The molecular weight excluding hydrogens is 229 g/mol. The second kappa shape index (κ2) is 5.58. The molecule has 3 nitrogen and oxygen atoms in total. The normalized spacial score (nSPS) is 10.4. The van der Waals surface area contributed by atoms with Crippen LogP contribution in [0.2, 0.25) is 0 Å². The number of aryl methyl sites for hydroxylation is 1. The summed E-state index contributed by atoms with van der Waals surface area (Å²) < 4.78 is 13.3. The number of aromatic nitrogens is 2. The predicted octanol–water partition coefficient (Wildman–Crippen LogP) is 3.41. The summed E-state index contributed by atoms with van der Waals surface area (Å²) in [5, 5.41) is 3.19. The number of rotatable bonds is 4. The number of nitrogens with one attached hydrogen (secondary N) is 1. The summed E-state index contributed by atoms with van der Waals surface area (Å²) in [4.78, 5) is 8.60. The maximum Gasteiger partial charge on any atom is 0.161 e. The average Bonchev–Trinajstić information content (AvgIpc) is 2.39. The van der Waals surface area contributed by atoms with E-state index in [2.05, 4.69) is 22.2 Å². The van der Waals surface area contributed by atoms with Gasteiger partial charge in [-0.2, -0.15) is 0 Å². The standard InChI is InChI=1S/C14H16FN3/c1-3-7-16-13-6-8-17-14(18-13)12-9-11(15)5-4-10(12)2/h4-6,8-9H,3,7H2,1-2H3,(H,16,17,18). The molecule has 0 saturated heterocycles. The van der Waals surface area contributed by atoms with Crippen LogP contribution >= 0.6 is 0 Å². The van der Waals surface area contributed by atoms with Crippen molar-refractivity contribution in [3.05, 3.63) is 41.8 Å². The average molecular weight is 245 g/mol. The van der Waals surface area contributed by atoms with Gasteiger partial charge < -0.3 is 5.32 Å². The Kier molecular flexibility index (Phi) is 3.87. The molecule has 1 heterocycles. The number of anilines is 1. The fourth-order valence-electron chi connectivity index (χ4n) is 1.68. The van der Waals surface area contributed by atoms with Crippen molar-refractivity contribution >= 4 is 5.82 Å². The zero-order valence-corrected chi connectivity index (χ0v) is 10.6. The molecule has 0 amide bonds. The van der Waals surface area contributed by atoms with Gasteiger partial charge in [0.05, 0.1) is 0 Å². The lowest BCUT2D eigenvalue weighted by molar-refractivity contribution is 0.627. The lowest BCUT2D eigenvalue weighted by atomic mass is 10.1. The van der Waals surface area contributed by atoms with E-state index in [0.717, 1.165) is 29.9 Å². The van der Waals surface area contributed by atoms with E-state index in [-0.39, 0.29) is 5.82 Å². The molecule has 94 valence electrons. The van der Waals surface area contributed by atoms with Gasteiger partial charge in [-0.3, -0.25) is 0 Å². The number of hydrogen-bond acceptors (Lipinski definition) is 3. The quantitative estimate of drug-likeness (QED) is 0.897. The van der Waals surface area contributed by atoms with E-state index in [4.69, 9.17) is 0 Å². The Morgan fingerprint density at radius 2 is 2.11 bits per heavy atom. The SMILES string of the molecule is CCCNc1ccnc(-c2cc(F)ccc2C)n1. The minimum atomic E-state index is -0.272. The molecule has 0 aliphatic rings. The Bertz CT molecular complexity index is 540. The summed E-state index contributed by atoms with van der Waals surface area (Å²) in [7, 11) is 0. The van der Waals surface area contributed by atoms with Gasteiger partial charge in [-0.25, -0.2) is 14.4 Å². The van der Waals surface area contributed by atoms with E-state index in [1.54, 1.807) is 12.3 Å². The summed E-state index contributed by atoms with van der Waals surface area (Å²) in [6.07, 6.45) is 2.71. The highest BCUT2D eigenvalue weighted by Gasteiger charge is 2.07. The first-order valence-corrected chi connectivity index (χ1v) is 6.04. The van der Waals surface area contributed by atoms with Gasteiger partial charge in [0.15, 0.2) is 5.82 Å². The first kappa shape index (κ1) is 12.5. The summed E-state index contributed by atoms with van der Waals surface area (Å²) in [5.41, 5.74) is 1.69. The van der Waals surface area contributed by atoms with Crippen LogP contribution in [0.4, 0.5) is 10.2 Å². The first-order valence-electron chi connectivity index (χ1n) is 6.04. The molecule has 18 heavy (non-hydrogen) atoms. The molecule has 0 bridgehead atoms. The van der Waals surface area contributed by atoms with Crippen molar-refractivity contribution in [2.45, 2.75) is 20.3 Å². The Hall–Kier alpha value is -1.97. The molecule has 0 aliphatic carbocycles. The van der Waals surface area contributed by atoms with Gasteiger partial charge in [0.2, 0.25) is 0 Å². The van der Waals surface area contributed by atoms with Gasteiger partial charge in [-0.15, -0.1) is 0 Å². The van der Waals surface area contributed by atoms with Crippen LogP contribution in [0.25, 0.3) is 11.4 Å². The lowest BCUT2D eigenvalue weighted by Gasteiger charge is -2.07. The number of nitrogens with zero attached hydrogens (tertiary/aromatic N) is 2. The molecule has 0 spiro atoms. The molecule has 2 aromatic rings. The molecule has 0 saturated carbocycles. The number of hydrogen-bond donors (Lipinski definition) is 1. The van der Waals surface area contributed by atoms with Crippen molar-refractivity contribution < 1.29 is 4.39 Å². The highest BCUT2D eigenvalue weighted by Crippen LogP contribution is 2.21. The Morgan fingerprint density at radius 1 is 1.28 bits per heavy atom. The molecule has 0 radical (unpaired) electrons. The Labute approximate surface area is 106 Å². The molecule has 1 aromatic heterocycles. The molecular formula is C14H16FN3. The van der Waals surface area contributed by atoms with Gasteiger partial charge in [-0.05, 0) is 37.1 Å². The highest BCUT2D eigenvalue weighted by atomic mass is 19.1. The van der Waals surface area contributed by atoms with Crippen LogP contribution in [0.15, 0.2) is 30.5 Å². The number of halogens is 1. The topological polar surface area (TPSA) is 37.8 Å². The lowest BCUT2D eigenvalue weighted by Crippen LogP contribution is -2.03. The largest absolute Gasteiger partial charge is 0.370 e. The molecule has 0 unspecified atom stereocenters. The van der Waals surface area contributed by atoms with Gasteiger partial charge in [-0.1, -0.05) is 13.0 Å². The zero-order chi connectivity index (χ0) is 13.0. The van der Waals surface area contributed by atoms with Crippen molar-refractivity contribution in [1.29, 1.82) is 0 Å². The summed E-state index contributed by atoms with van der Waals surface area (Å²) in [6, 6.07) is 6.46. The van der Waals surface area contributed by atoms with Crippen LogP contribution in [0.3, 0.4) is 0 Å².